The fourth-order valence-electron chi connectivity index (χ4n) is 5.58. The number of halogens is 1. The maximum atomic E-state index is 14.0. The van der Waals surface area contributed by atoms with Gasteiger partial charge in [-0.3, -0.25) is 4.79 Å². The van der Waals surface area contributed by atoms with Gasteiger partial charge in [0, 0.05) is 29.7 Å². The summed E-state index contributed by atoms with van der Waals surface area (Å²) in [6.45, 7) is 1.49. The number of anilines is 1. The summed E-state index contributed by atoms with van der Waals surface area (Å²) in [5.41, 5.74) is 4.55. The lowest BCUT2D eigenvalue weighted by molar-refractivity contribution is -0.118. The number of amides is 2. The second kappa shape index (κ2) is 16.0. The molecule has 4 aromatic rings. The normalized spacial score (nSPS) is 17.1. The number of ether oxygens (including phenoxy) is 2. The van der Waals surface area contributed by atoms with Crippen molar-refractivity contribution in [2.75, 3.05) is 25.5 Å². The number of carbonyl (C=O) groups is 2. The van der Waals surface area contributed by atoms with Gasteiger partial charge in [-0.2, -0.15) is 0 Å². The number of hydrogen-bond donors (Lipinski definition) is 3. The van der Waals surface area contributed by atoms with Gasteiger partial charge in [0.25, 0.3) is 0 Å². The van der Waals surface area contributed by atoms with Crippen LogP contribution in [-0.2, 0) is 20.7 Å². The first kappa shape index (κ1) is 32.0. The SMILES string of the molecule is COC(=O)NC(C(=O)Nc1ccccc1CC[C@@H]1CNC[C@@H](/C=C/c2ccc(Cl)cc2)O1)C(c1ccccc1)c1ccccc1. The molecule has 232 valence electrons. The van der Waals surface area contributed by atoms with Crippen molar-refractivity contribution in [2.24, 2.45) is 0 Å². The number of alkyl carbamates (subject to hydrolysis) is 1. The van der Waals surface area contributed by atoms with Crippen LogP contribution in [0.5, 0.6) is 0 Å². The summed E-state index contributed by atoms with van der Waals surface area (Å²) < 4.78 is 11.3. The van der Waals surface area contributed by atoms with Gasteiger partial charge in [-0.05, 0) is 53.3 Å². The standard InChI is InChI=1S/C37H38ClN3O4/c1-44-37(43)41-35(34(28-11-4-2-5-12-28)29-13-6-3-7-14-29)36(42)40-33-15-9-8-10-27(33)19-23-32-25-39-24-31(45-32)22-18-26-16-20-30(38)21-17-26/h2-18,20-22,31-32,34-35,39H,19,23-25H2,1H3,(H,40,42)(H,41,43)/b22-18+/t31-,32-,35?/m1/s1. The predicted molar refractivity (Wildman–Crippen MR) is 179 cm³/mol. The van der Waals surface area contributed by atoms with E-state index in [9.17, 15) is 9.59 Å². The molecule has 2 amide bonds. The molecule has 1 heterocycles. The molecule has 0 saturated carbocycles. The highest BCUT2D eigenvalue weighted by atomic mass is 35.5. The van der Waals surface area contributed by atoms with Gasteiger partial charge < -0.3 is 25.4 Å². The molecule has 1 unspecified atom stereocenters. The van der Waals surface area contributed by atoms with Crippen LogP contribution in [0.15, 0.2) is 115 Å². The fraction of sp³-hybridized carbons (Fsp3) is 0.243. The number of nitrogens with one attached hydrogen (secondary N) is 3. The first-order valence-corrected chi connectivity index (χ1v) is 15.5. The van der Waals surface area contributed by atoms with E-state index in [0.717, 1.165) is 41.8 Å². The van der Waals surface area contributed by atoms with Crippen molar-refractivity contribution in [3.05, 3.63) is 143 Å². The lowest BCUT2D eigenvalue weighted by Crippen LogP contribution is -2.48. The third-order valence-electron chi connectivity index (χ3n) is 7.86. The lowest BCUT2D eigenvalue weighted by atomic mass is 9.84. The van der Waals surface area contributed by atoms with Crippen molar-refractivity contribution in [3.8, 4) is 0 Å². The smallest absolute Gasteiger partial charge is 0.407 e. The molecule has 5 rings (SSSR count). The molecular formula is C37H38ClN3O4. The predicted octanol–water partition coefficient (Wildman–Crippen LogP) is 6.84. The van der Waals surface area contributed by atoms with E-state index in [1.165, 1.54) is 7.11 Å². The Hall–Kier alpha value is -4.43. The molecule has 7 nitrogen and oxygen atoms in total. The summed E-state index contributed by atoms with van der Waals surface area (Å²) in [6, 6.07) is 33.9. The molecule has 4 aromatic carbocycles. The number of para-hydroxylation sites is 1. The summed E-state index contributed by atoms with van der Waals surface area (Å²) in [4.78, 5) is 26.5. The first-order chi connectivity index (χ1) is 22.0. The largest absolute Gasteiger partial charge is 0.453 e. The van der Waals surface area contributed by atoms with E-state index in [1.807, 2.05) is 115 Å². The number of carbonyl (C=O) groups excluding carboxylic acids is 2. The van der Waals surface area contributed by atoms with Crippen molar-refractivity contribution in [1.82, 2.24) is 10.6 Å². The summed E-state index contributed by atoms with van der Waals surface area (Å²) in [5.74, 6) is -0.785. The summed E-state index contributed by atoms with van der Waals surface area (Å²) in [7, 11) is 1.29. The average molecular weight is 624 g/mol. The van der Waals surface area contributed by atoms with Gasteiger partial charge in [0.15, 0.2) is 0 Å². The third-order valence-corrected chi connectivity index (χ3v) is 8.11. The minimum Gasteiger partial charge on any atom is -0.453 e. The second-order valence-electron chi connectivity index (χ2n) is 11.0. The quantitative estimate of drug-likeness (QED) is 0.170. The highest BCUT2D eigenvalue weighted by molar-refractivity contribution is 6.30. The van der Waals surface area contributed by atoms with E-state index in [0.29, 0.717) is 17.1 Å². The van der Waals surface area contributed by atoms with Crippen LogP contribution in [0.4, 0.5) is 10.5 Å². The van der Waals surface area contributed by atoms with E-state index in [4.69, 9.17) is 21.1 Å². The van der Waals surface area contributed by atoms with Crippen LogP contribution in [0.25, 0.3) is 6.08 Å². The van der Waals surface area contributed by atoms with Crippen molar-refractivity contribution in [2.45, 2.75) is 37.0 Å². The summed E-state index contributed by atoms with van der Waals surface area (Å²) in [5, 5.41) is 10.1. The van der Waals surface area contributed by atoms with Gasteiger partial charge in [-0.25, -0.2) is 4.79 Å². The van der Waals surface area contributed by atoms with Gasteiger partial charge in [0.2, 0.25) is 5.91 Å². The van der Waals surface area contributed by atoms with E-state index < -0.39 is 18.1 Å². The monoisotopic (exact) mass is 623 g/mol. The topological polar surface area (TPSA) is 88.7 Å². The number of benzene rings is 4. The Morgan fingerprint density at radius 1 is 0.911 bits per heavy atom. The highest BCUT2D eigenvalue weighted by Gasteiger charge is 2.33. The minimum absolute atomic E-state index is 0.0108. The van der Waals surface area contributed by atoms with Crippen LogP contribution >= 0.6 is 11.6 Å². The molecule has 0 bridgehead atoms. The first-order valence-electron chi connectivity index (χ1n) is 15.1. The fourth-order valence-corrected chi connectivity index (χ4v) is 5.70. The molecule has 1 aliphatic rings. The van der Waals surface area contributed by atoms with Gasteiger partial charge in [-0.1, -0.05) is 115 Å². The van der Waals surface area contributed by atoms with Crippen LogP contribution in [0.1, 0.15) is 34.6 Å². The Balaban J connectivity index is 1.29. The maximum absolute atomic E-state index is 14.0. The van der Waals surface area contributed by atoms with Crippen molar-refractivity contribution < 1.29 is 19.1 Å². The molecule has 0 aromatic heterocycles. The zero-order chi connectivity index (χ0) is 31.4. The van der Waals surface area contributed by atoms with Crippen LogP contribution in [0.2, 0.25) is 5.02 Å². The van der Waals surface area contributed by atoms with Gasteiger partial charge in [-0.15, -0.1) is 0 Å². The molecule has 3 atom stereocenters. The Labute approximate surface area is 269 Å². The lowest BCUT2D eigenvalue weighted by Gasteiger charge is -2.30. The minimum atomic E-state index is -0.936. The zero-order valence-electron chi connectivity index (χ0n) is 25.2. The zero-order valence-corrected chi connectivity index (χ0v) is 26.0. The maximum Gasteiger partial charge on any atom is 0.407 e. The number of hydrogen-bond acceptors (Lipinski definition) is 5. The van der Waals surface area contributed by atoms with Crippen LogP contribution in [-0.4, -0.2) is 50.4 Å². The Morgan fingerprint density at radius 2 is 1.56 bits per heavy atom. The molecular weight excluding hydrogens is 586 g/mol. The Morgan fingerprint density at radius 3 is 2.22 bits per heavy atom. The van der Waals surface area contributed by atoms with Crippen LogP contribution in [0.3, 0.4) is 0 Å². The molecule has 8 heteroatoms. The van der Waals surface area contributed by atoms with E-state index in [1.54, 1.807) is 0 Å². The molecule has 3 N–H and O–H groups in total. The number of aryl methyl sites for hydroxylation is 1. The van der Waals surface area contributed by atoms with Crippen LogP contribution < -0.4 is 16.0 Å². The third kappa shape index (κ3) is 9.05. The molecule has 1 saturated heterocycles. The van der Waals surface area contributed by atoms with E-state index in [2.05, 4.69) is 22.0 Å². The molecule has 45 heavy (non-hydrogen) atoms. The molecule has 1 fully saturated rings. The molecule has 0 aliphatic carbocycles. The second-order valence-corrected chi connectivity index (χ2v) is 11.4. The van der Waals surface area contributed by atoms with Gasteiger partial charge >= 0.3 is 6.09 Å². The Kier molecular flexibility index (Phi) is 11.4. The highest BCUT2D eigenvalue weighted by Crippen LogP contribution is 2.30. The molecule has 0 radical (unpaired) electrons. The summed E-state index contributed by atoms with van der Waals surface area (Å²) >= 11 is 6.01. The van der Waals surface area contributed by atoms with E-state index in [-0.39, 0.29) is 18.1 Å². The molecule has 1 aliphatic heterocycles. The number of methoxy groups -OCH3 is 1. The van der Waals surface area contributed by atoms with Crippen molar-refractivity contribution in [3.63, 3.8) is 0 Å². The van der Waals surface area contributed by atoms with Crippen LogP contribution in [0, 0.1) is 0 Å². The number of rotatable bonds is 11. The van der Waals surface area contributed by atoms with Crippen molar-refractivity contribution in [1.29, 1.82) is 0 Å². The Bertz CT molecular complexity index is 1520. The van der Waals surface area contributed by atoms with Crippen molar-refractivity contribution >= 4 is 35.4 Å². The van der Waals surface area contributed by atoms with Gasteiger partial charge in [0.05, 0.1) is 19.3 Å². The molecule has 0 spiro atoms. The van der Waals surface area contributed by atoms with Gasteiger partial charge in [0.1, 0.15) is 6.04 Å². The average Bonchev–Trinajstić information content (AvgIpc) is 3.08. The summed E-state index contributed by atoms with van der Waals surface area (Å²) in [6.07, 6.45) is 4.87. The number of morpholine rings is 1. The van der Waals surface area contributed by atoms with E-state index >= 15 is 0 Å².